The summed E-state index contributed by atoms with van der Waals surface area (Å²) in [5.41, 5.74) is 1.09. The predicted molar refractivity (Wildman–Crippen MR) is 79.6 cm³/mol. The highest BCUT2D eigenvalue weighted by Crippen LogP contribution is 2.24. The number of alkyl halides is 3. The molecule has 1 unspecified atom stereocenters. The van der Waals surface area contributed by atoms with Gasteiger partial charge in [0.1, 0.15) is 0 Å². The SMILES string of the molecule is O=C(N1CCN(Cc2ccccc2)CC1CCCO)C(F)(F)F. The molecule has 7 heteroatoms. The van der Waals surface area contributed by atoms with Crippen LogP contribution in [0.1, 0.15) is 18.4 Å². The van der Waals surface area contributed by atoms with Crippen molar-refractivity contribution in [1.82, 2.24) is 9.80 Å². The van der Waals surface area contributed by atoms with Gasteiger partial charge in [0.2, 0.25) is 0 Å². The van der Waals surface area contributed by atoms with Gasteiger partial charge in [-0.2, -0.15) is 13.2 Å². The average Bonchev–Trinajstić information content (AvgIpc) is 2.52. The van der Waals surface area contributed by atoms with Gasteiger partial charge in [-0.15, -0.1) is 0 Å². The summed E-state index contributed by atoms with van der Waals surface area (Å²) >= 11 is 0. The van der Waals surface area contributed by atoms with Crippen LogP contribution in [0.4, 0.5) is 13.2 Å². The number of halogens is 3. The summed E-state index contributed by atoms with van der Waals surface area (Å²) < 4.78 is 38.2. The molecule has 0 radical (unpaired) electrons. The number of hydrogen-bond acceptors (Lipinski definition) is 3. The van der Waals surface area contributed by atoms with Crippen LogP contribution in [0.15, 0.2) is 30.3 Å². The number of hydrogen-bond donors (Lipinski definition) is 1. The largest absolute Gasteiger partial charge is 0.471 e. The van der Waals surface area contributed by atoms with Crippen molar-refractivity contribution < 1.29 is 23.1 Å². The van der Waals surface area contributed by atoms with E-state index >= 15 is 0 Å². The zero-order chi connectivity index (χ0) is 16.9. The normalized spacial score (nSPS) is 19.8. The molecule has 1 aliphatic rings. The van der Waals surface area contributed by atoms with E-state index in [4.69, 9.17) is 5.11 Å². The number of rotatable bonds is 5. The lowest BCUT2D eigenvalue weighted by atomic mass is 10.1. The number of amides is 1. The summed E-state index contributed by atoms with van der Waals surface area (Å²) in [5.74, 6) is -1.78. The maximum atomic E-state index is 12.7. The van der Waals surface area contributed by atoms with E-state index in [1.165, 1.54) is 0 Å². The fourth-order valence-electron chi connectivity index (χ4n) is 2.91. The molecule has 1 saturated heterocycles. The lowest BCUT2D eigenvalue weighted by Crippen LogP contribution is -2.57. The second-order valence-electron chi connectivity index (χ2n) is 5.74. The number of benzene rings is 1. The summed E-state index contributed by atoms with van der Waals surface area (Å²) in [7, 11) is 0. The highest BCUT2D eigenvalue weighted by molar-refractivity contribution is 5.82. The molecule has 2 rings (SSSR count). The van der Waals surface area contributed by atoms with Crippen molar-refractivity contribution in [3.63, 3.8) is 0 Å². The van der Waals surface area contributed by atoms with Crippen molar-refractivity contribution in [2.45, 2.75) is 31.6 Å². The number of carbonyl (C=O) groups is 1. The van der Waals surface area contributed by atoms with Crippen molar-refractivity contribution in [2.24, 2.45) is 0 Å². The molecule has 1 aromatic carbocycles. The van der Waals surface area contributed by atoms with Crippen LogP contribution in [0.5, 0.6) is 0 Å². The number of aliphatic hydroxyl groups excluding tert-OH is 1. The highest BCUT2D eigenvalue weighted by Gasteiger charge is 2.45. The molecule has 0 aromatic heterocycles. The molecule has 1 atom stereocenters. The van der Waals surface area contributed by atoms with Crippen LogP contribution >= 0.6 is 0 Å². The Morgan fingerprint density at radius 1 is 1.22 bits per heavy atom. The molecule has 128 valence electrons. The summed E-state index contributed by atoms with van der Waals surface area (Å²) in [4.78, 5) is 14.5. The molecule has 0 bridgehead atoms. The minimum Gasteiger partial charge on any atom is -0.396 e. The first-order valence-electron chi connectivity index (χ1n) is 7.66. The Bertz CT molecular complexity index is 508. The van der Waals surface area contributed by atoms with Gasteiger partial charge in [-0.05, 0) is 18.4 Å². The molecule has 0 aliphatic carbocycles. The van der Waals surface area contributed by atoms with Gasteiger partial charge in [0.05, 0.1) is 0 Å². The van der Waals surface area contributed by atoms with Crippen molar-refractivity contribution in [2.75, 3.05) is 26.2 Å². The van der Waals surface area contributed by atoms with Gasteiger partial charge in [-0.25, -0.2) is 0 Å². The van der Waals surface area contributed by atoms with E-state index in [0.29, 0.717) is 32.5 Å². The monoisotopic (exact) mass is 330 g/mol. The van der Waals surface area contributed by atoms with Crippen LogP contribution in [0.2, 0.25) is 0 Å². The Hall–Kier alpha value is -1.60. The molecule has 1 fully saturated rings. The zero-order valence-corrected chi connectivity index (χ0v) is 12.8. The Morgan fingerprint density at radius 3 is 2.52 bits per heavy atom. The van der Waals surface area contributed by atoms with E-state index in [2.05, 4.69) is 4.90 Å². The summed E-state index contributed by atoms with van der Waals surface area (Å²) in [6, 6.07) is 9.16. The standard InChI is InChI=1S/C16H21F3N2O2/c17-16(18,19)15(23)21-9-8-20(12-14(21)7-4-10-22)11-13-5-2-1-3-6-13/h1-3,5-6,14,22H,4,7-12H2. The highest BCUT2D eigenvalue weighted by atomic mass is 19.4. The molecule has 1 N–H and O–H groups in total. The summed E-state index contributed by atoms with van der Waals surface area (Å²) in [6.07, 6.45) is -4.10. The molecule has 1 amide bonds. The van der Waals surface area contributed by atoms with Crippen LogP contribution in [0, 0.1) is 0 Å². The lowest BCUT2D eigenvalue weighted by Gasteiger charge is -2.41. The molecule has 1 aliphatic heterocycles. The third kappa shape index (κ3) is 4.94. The minimum atomic E-state index is -4.85. The smallest absolute Gasteiger partial charge is 0.396 e. The zero-order valence-electron chi connectivity index (χ0n) is 12.8. The Balaban J connectivity index is 2.03. The fourth-order valence-corrected chi connectivity index (χ4v) is 2.91. The number of piperazine rings is 1. The average molecular weight is 330 g/mol. The van der Waals surface area contributed by atoms with Crippen LogP contribution in [-0.2, 0) is 11.3 Å². The second-order valence-corrected chi connectivity index (χ2v) is 5.74. The Labute approximate surface area is 133 Å². The van der Waals surface area contributed by atoms with E-state index in [1.54, 1.807) is 0 Å². The van der Waals surface area contributed by atoms with E-state index in [-0.39, 0.29) is 13.2 Å². The van der Waals surface area contributed by atoms with Gasteiger partial charge in [-0.1, -0.05) is 30.3 Å². The van der Waals surface area contributed by atoms with Gasteiger partial charge in [0.15, 0.2) is 0 Å². The maximum Gasteiger partial charge on any atom is 0.471 e. The van der Waals surface area contributed by atoms with Crippen molar-refractivity contribution in [3.8, 4) is 0 Å². The van der Waals surface area contributed by atoms with Gasteiger partial charge in [0.25, 0.3) is 0 Å². The second kappa shape index (κ2) is 7.79. The summed E-state index contributed by atoms with van der Waals surface area (Å²) in [6.45, 7) is 1.40. The number of aliphatic hydroxyl groups is 1. The van der Waals surface area contributed by atoms with Crippen molar-refractivity contribution in [1.29, 1.82) is 0 Å². The van der Waals surface area contributed by atoms with Crippen molar-refractivity contribution >= 4 is 5.91 Å². The first kappa shape index (κ1) is 17.7. The molecule has 1 aromatic rings. The molecule has 4 nitrogen and oxygen atoms in total. The van der Waals surface area contributed by atoms with Crippen LogP contribution in [-0.4, -0.2) is 59.3 Å². The molecule has 1 heterocycles. The van der Waals surface area contributed by atoms with Crippen LogP contribution in [0.25, 0.3) is 0 Å². The maximum absolute atomic E-state index is 12.7. The summed E-state index contributed by atoms with van der Waals surface area (Å²) in [5, 5.41) is 8.94. The number of carbonyl (C=O) groups excluding carboxylic acids is 1. The van der Waals surface area contributed by atoms with Crippen LogP contribution in [0.3, 0.4) is 0 Å². The van der Waals surface area contributed by atoms with Gasteiger partial charge in [0, 0.05) is 38.8 Å². The van der Waals surface area contributed by atoms with E-state index in [9.17, 15) is 18.0 Å². The fraction of sp³-hybridized carbons (Fsp3) is 0.562. The van der Waals surface area contributed by atoms with Gasteiger partial charge < -0.3 is 10.0 Å². The van der Waals surface area contributed by atoms with E-state index in [0.717, 1.165) is 10.5 Å². The third-order valence-electron chi connectivity index (χ3n) is 4.01. The Morgan fingerprint density at radius 2 is 1.91 bits per heavy atom. The van der Waals surface area contributed by atoms with Crippen molar-refractivity contribution in [3.05, 3.63) is 35.9 Å². The molecular formula is C16H21F3N2O2. The Kier molecular flexibility index (Phi) is 6.01. The van der Waals surface area contributed by atoms with E-state index < -0.39 is 18.1 Å². The molecule has 0 saturated carbocycles. The minimum absolute atomic E-state index is 0.0568. The molecular weight excluding hydrogens is 309 g/mol. The predicted octanol–water partition coefficient (Wildman–Crippen LogP) is 2.03. The van der Waals surface area contributed by atoms with Crippen LogP contribution < -0.4 is 0 Å². The molecule has 23 heavy (non-hydrogen) atoms. The quantitative estimate of drug-likeness (QED) is 0.898. The van der Waals surface area contributed by atoms with Gasteiger partial charge in [-0.3, -0.25) is 9.69 Å². The lowest BCUT2D eigenvalue weighted by molar-refractivity contribution is -0.190. The topological polar surface area (TPSA) is 43.8 Å². The van der Waals surface area contributed by atoms with E-state index in [1.807, 2.05) is 30.3 Å². The number of nitrogens with zero attached hydrogens (tertiary/aromatic N) is 2. The first-order chi connectivity index (χ1) is 10.9. The van der Waals surface area contributed by atoms with Gasteiger partial charge >= 0.3 is 12.1 Å². The first-order valence-corrected chi connectivity index (χ1v) is 7.66. The third-order valence-corrected chi connectivity index (χ3v) is 4.01. The molecule has 0 spiro atoms.